The summed E-state index contributed by atoms with van der Waals surface area (Å²) in [6.45, 7) is 1.60. The van der Waals surface area contributed by atoms with Gasteiger partial charge in [-0.15, -0.1) is 0 Å². The number of hydrogen-bond donors (Lipinski definition) is 2. The topological polar surface area (TPSA) is 79.3 Å². The summed E-state index contributed by atoms with van der Waals surface area (Å²) in [6.07, 6.45) is 1.17. The fraction of sp³-hybridized carbons (Fsp3) is 0.154. The Morgan fingerprint density at radius 3 is 2.71 bits per heavy atom. The van der Waals surface area contributed by atoms with Crippen molar-refractivity contribution in [3.8, 4) is 0 Å². The molecule has 2 N–H and O–H groups in total. The van der Waals surface area contributed by atoms with Gasteiger partial charge in [0.05, 0.1) is 16.8 Å². The maximum absolute atomic E-state index is 12.3. The van der Waals surface area contributed by atoms with Crippen molar-refractivity contribution in [1.82, 2.24) is 4.98 Å². The van der Waals surface area contributed by atoms with Crippen molar-refractivity contribution in [2.24, 2.45) is 0 Å². The van der Waals surface area contributed by atoms with E-state index in [1.54, 1.807) is 18.2 Å². The Labute approximate surface area is 136 Å². The smallest absolute Gasteiger partial charge is 0.263 e. The maximum Gasteiger partial charge on any atom is 0.263 e. The number of benzene rings is 1. The van der Waals surface area contributed by atoms with Crippen LogP contribution in [0.3, 0.4) is 0 Å². The molecule has 0 aliphatic carbocycles. The second kappa shape index (κ2) is 6.31. The lowest BCUT2D eigenvalue weighted by molar-refractivity contribution is 0.282. The van der Waals surface area contributed by atoms with Gasteiger partial charge in [0.1, 0.15) is 10.0 Å². The van der Waals surface area contributed by atoms with Crippen LogP contribution in [0.5, 0.6) is 0 Å². The van der Waals surface area contributed by atoms with Crippen LogP contribution in [-0.4, -0.2) is 18.5 Å². The predicted octanol–water partition coefficient (Wildman–Crippen LogP) is 3.10. The summed E-state index contributed by atoms with van der Waals surface area (Å²) in [5.41, 5.74) is 1.76. The third kappa shape index (κ3) is 3.74. The number of hydrogen-bond acceptors (Lipinski definition) is 4. The molecule has 0 unspecified atom stereocenters. The van der Waals surface area contributed by atoms with E-state index in [0.29, 0.717) is 15.7 Å². The van der Waals surface area contributed by atoms with E-state index in [2.05, 4.69) is 25.6 Å². The van der Waals surface area contributed by atoms with Crippen LogP contribution in [0, 0.1) is 6.92 Å². The Balaban J connectivity index is 2.39. The third-order valence-electron chi connectivity index (χ3n) is 2.76. The minimum absolute atomic E-state index is 0.0248. The Morgan fingerprint density at radius 1 is 1.38 bits per heavy atom. The molecule has 0 saturated carbocycles. The Hall–Kier alpha value is -1.15. The second-order valence-electron chi connectivity index (χ2n) is 4.37. The van der Waals surface area contributed by atoms with Crippen LogP contribution in [0.4, 0.5) is 5.69 Å². The van der Waals surface area contributed by atoms with E-state index in [9.17, 15) is 13.5 Å². The number of sulfonamides is 1. The largest absolute Gasteiger partial charge is 0.392 e. The van der Waals surface area contributed by atoms with Crippen molar-refractivity contribution < 1.29 is 13.5 Å². The first kappa shape index (κ1) is 16.2. The molecular weight excluding hydrogens is 380 g/mol. The van der Waals surface area contributed by atoms with Crippen LogP contribution in [-0.2, 0) is 16.6 Å². The van der Waals surface area contributed by atoms with Gasteiger partial charge >= 0.3 is 0 Å². The summed E-state index contributed by atoms with van der Waals surface area (Å²) in [6, 6.07) is 6.45. The van der Waals surface area contributed by atoms with Gasteiger partial charge in [0.15, 0.2) is 0 Å². The number of aliphatic hydroxyl groups is 1. The molecule has 1 aromatic carbocycles. The van der Waals surface area contributed by atoms with Crippen molar-refractivity contribution in [1.29, 1.82) is 0 Å². The zero-order chi connectivity index (χ0) is 15.6. The molecule has 1 aromatic heterocycles. The quantitative estimate of drug-likeness (QED) is 0.785. The van der Waals surface area contributed by atoms with Crippen LogP contribution in [0.15, 0.2) is 39.8 Å². The summed E-state index contributed by atoms with van der Waals surface area (Å²) in [4.78, 5) is 3.77. The summed E-state index contributed by atoms with van der Waals surface area (Å²) in [7, 11) is -3.81. The standard InChI is InChI=1S/C13H12BrClN2O3S/c1-8-2-3-12(9(4-8)7-18)17-21(19,20)10-5-11(14)13(15)16-6-10/h2-6,17-18H,7H2,1H3. The van der Waals surface area contributed by atoms with Crippen molar-refractivity contribution >= 4 is 43.2 Å². The van der Waals surface area contributed by atoms with Gasteiger partial charge in [-0.2, -0.15) is 0 Å². The van der Waals surface area contributed by atoms with Crippen LogP contribution >= 0.6 is 27.5 Å². The summed E-state index contributed by atoms with van der Waals surface area (Å²) >= 11 is 8.88. The van der Waals surface area contributed by atoms with Gasteiger partial charge < -0.3 is 5.11 Å². The fourth-order valence-corrected chi connectivity index (χ4v) is 3.38. The molecule has 2 rings (SSSR count). The van der Waals surface area contributed by atoms with Gasteiger partial charge in [-0.1, -0.05) is 29.3 Å². The van der Waals surface area contributed by atoms with Crippen molar-refractivity contribution in [2.45, 2.75) is 18.4 Å². The molecule has 0 aliphatic heterocycles. The lowest BCUT2D eigenvalue weighted by atomic mass is 10.1. The maximum atomic E-state index is 12.3. The molecule has 0 atom stereocenters. The zero-order valence-corrected chi connectivity index (χ0v) is 14.1. The molecule has 0 fully saturated rings. The fourth-order valence-electron chi connectivity index (χ4n) is 1.71. The Morgan fingerprint density at radius 2 is 2.10 bits per heavy atom. The first-order valence-electron chi connectivity index (χ1n) is 5.88. The average Bonchev–Trinajstić information content (AvgIpc) is 2.43. The van der Waals surface area contributed by atoms with Gasteiger partial charge in [-0.3, -0.25) is 4.72 Å². The molecule has 0 radical (unpaired) electrons. The first-order valence-corrected chi connectivity index (χ1v) is 8.53. The van der Waals surface area contributed by atoms with Crippen LogP contribution in [0.2, 0.25) is 5.15 Å². The van der Waals surface area contributed by atoms with Crippen molar-refractivity contribution in [3.05, 3.63) is 51.2 Å². The van der Waals surface area contributed by atoms with Crippen LogP contribution in [0.25, 0.3) is 0 Å². The molecular formula is C13H12BrClN2O3S. The number of rotatable bonds is 4. The second-order valence-corrected chi connectivity index (χ2v) is 7.26. The minimum atomic E-state index is -3.81. The summed E-state index contributed by atoms with van der Waals surface area (Å²) < 4.78 is 27.5. The molecule has 5 nitrogen and oxygen atoms in total. The molecule has 0 bridgehead atoms. The van der Waals surface area contributed by atoms with E-state index in [1.807, 2.05) is 6.92 Å². The Kier molecular flexibility index (Phi) is 4.88. The number of anilines is 1. The van der Waals surface area contributed by atoms with E-state index in [1.165, 1.54) is 12.3 Å². The minimum Gasteiger partial charge on any atom is -0.392 e. The molecule has 1 heterocycles. The van der Waals surface area contributed by atoms with E-state index < -0.39 is 10.0 Å². The van der Waals surface area contributed by atoms with Crippen LogP contribution < -0.4 is 4.72 Å². The average molecular weight is 392 g/mol. The normalized spacial score (nSPS) is 11.4. The third-order valence-corrected chi connectivity index (χ3v) is 5.22. The first-order chi connectivity index (χ1) is 9.83. The molecule has 2 aromatic rings. The van der Waals surface area contributed by atoms with E-state index >= 15 is 0 Å². The van der Waals surface area contributed by atoms with Gasteiger partial charge in [-0.25, -0.2) is 13.4 Å². The molecule has 21 heavy (non-hydrogen) atoms. The van der Waals surface area contributed by atoms with E-state index in [4.69, 9.17) is 11.6 Å². The number of nitrogens with one attached hydrogen (secondary N) is 1. The van der Waals surface area contributed by atoms with Gasteiger partial charge in [0, 0.05) is 11.8 Å². The van der Waals surface area contributed by atoms with Crippen molar-refractivity contribution in [3.63, 3.8) is 0 Å². The SMILES string of the molecule is Cc1ccc(NS(=O)(=O)c2cnc(Cl)c(Br)c2)c(CO)c1. The number of pyridine rings is 1. The molecule has 8 heteroatoms. The van der Waals surface area contributed by atoms with Crippen molar-refractivity contribution in [2.75, 3.05) is 4.72 Å². The number of aromatic nitrogens is 1. The number of nitrogens with zero attached hydrogens (tertiary/aromatic N) is 1. The molecule has 0 spiro atoms. The lowest BCUT2D eigenvalue weighted by Crippen LogP contribution is -2.14. The zero-order valence-electron chi connectivity index (χ0n) is 11.0. The van der Waals surface area contributed by atoms with Gasteiger partial charge in [0.2, 0.25) is 0 Å². The van der Waals surface area contributed by atoms with Gasteiger partial charge in [-0.05, 0) is 35.0 Å². The highest BCUT2D eigenvalue weighted by atomic mass is 79.9. The Bertz CT molecular complexity index is 781. The number of halogens is 2. The van der Waals surface area contributed by atoms with Crippen LogP contribution in [0.1, 0.15) is 11.1 Å². The molecule has 0 aliphatic rings. The molecule has 0 amide bonds. The molecule has 0 saturated heterocycles. The number of aryl methyl sites for hydroxylation is 1. The highest BCUT2D eigenvalue weighted by Crippen LogP contribution is 2.25. The molecule has 112 valence electrons. The summed E-state index contributed by atoms with van der Waals surface area (Å²) in [5, 5.41) is 9.50. The highest BCUT2D eigenvalue weighted by molar-refractivity contribution is 9.10. The van der Waals surface area contributed by atoms with Gasteiger partial charge in [0.25, 0.3) is 10.0 Å². The summed E-state index contributed by atoms with van der Waals surface area (Å²) in [5.74, 6) is 0. The number of aliphatic hydroxyl groups excluding tert-OH is 1. The van der Waals surface area contributed by atoms with E-state index in [0.717, 1.165) is 5.56 Å². The highest BCUT2D eigenvalue weighted by Gasteiger charge is 2.17. The predicted molar refractivity (Wildman–Crippen MR) is 84.9 cm³/mol. The monoisotopic (exact) mass is 390 g/mol. The van der Waals surface area contributed by atoms with E-state index in [-0.39, 0.29) is 16.7 Å². The lowest BCUT2D eigenvalue weighted by Gasteiger charge is -2.12.